The maximum Gasteiger partial charge on any atom is 0.308 e. The maximum absolute atomic E-state index is 12.5. The Hall–Kier alpha value is -1.55. The minimum absolute atomic E-state index is 0.177. The van der Waals surface area contributed by atoms with Crippen molar-refractivity contribution in [3.63, 3.8) is 0 Å². The van der Waals surface area contributed by atoms with Gasteiger partial charge in [-0.3, -0.25) is 9.59 Å². The third-order valence-corrected chi connectivity index (χ3v) is 4.18. The topological polar surface area (TPSA) is 57.6 Å². The molecule has 1 fully saturated rings. The summed E-state index contributed by atoms with van der Waals surface area (Å²) >= 11 is 6.15. The van der Waals surface area contributed by atoms with Gasteiger partial charge in [0.1, 0.15) is 0 Å². The van der Waals surface area contributed by atoms with Crippen LogP contribution in [0, 0.1) is 19.8 Å². The molecule has 1 atom stereocenters. The Balaban J connectivity index is 2.23. The van der Waals surface area contributed by atoms with Crippen LogP contribution in [0.4, 0.5) is 0 Å². The Bertz CT molecular complexity index is 556. The SMILES string of the molecule is Cc1cc(Cl)c(C(=O)N2CCC[C@@H](C(=O)O)C2)cc1C. The van der Waals surface area contributed by atoms with Gasteiger partial charge in [-0.1, -0.05) is 11.6 Å². The van der Waals surface area contributed by atoms with Gasteiger partial charge < -0.3 is 10.0 Å². The Labute approximate surface area is 123 Å². The number of piperidine rings is 1. The van der Waals surface area contributed by atoms with Gasteiger partial charge in [0, 0.05) is 13.1 Å². The van der Waals surface area contributed by atoms with Gasteiger partial charge in [0.05, 0.1) is 16.5 Å². The van der Waals surface area contributed by atoms with E-state index in [2.05, 4.69) is 0 Å². The zero-order valence-corrected chi connectivity index (χ0v) is 12.4. The normalized spacial score (nSPS) is 18.9. The van der Waals surface area contributed by atoms with E-state index < -0.39 is 11.9 Å². The lowest BCUT2D eigenvalue weighted by atomic mass is 9.97. The molecule has 1 aliphatic rings. The number of nitrogens with zero attached hydrogens (tertiary/aromatic N) is 1. The molecule has 0 aromatic heterocycles. The summed E-state index contributed by atoms with van der Waals surface area (Å²) in [5.41, 5.74) is 2.50. The molecule has 1 aromatic rings. The molecule has 0 bridgehead atoms. The van der Waals surface area contributed by atoms with Crippen molar-refractivity contribution in [1.29, 1.82) is 0 Å². The fraction of sp³-hybridized carbons (Fsp3) is 0.467. The van der Waals surface area contributed by atoms with E-state index in [4.69, 9.17) is 16.7 Å². The van der Waals surface area contributed by atoms with E-state index in [1.165, 1.54) is 0 Å². The number of benzene rings is 1. The van der Waals surface area contributed by atoms with E-state index in [1.54, 1.807) is 17.0 Å². The minimum atomic E-state index is -0.839. The van der Waals surface area contributed by atoms with Gasteiger partial charge in [0.25, 0.3) is 5.91 Å². The number of hydrogen-bond acceptors (Lipinski definition) is 2. The van der Waals surface area contributed by atoms with Crippen LogP contribution >= 0.6 is 11.6 Å². The van der Waals surface area contributed by atoms with Crippen LogP contribution in [0.2, 0.25) is 5.02 Å². The van der Waals surface area contributed by atoms with Gasteiger partial charge >= 0.3 is 5.97 Å². The van der Waals surface area contributed by atoms with Crippen molar-refractivity contribution in [2.75, 3.05) is 13.1 Å². The molecule has 1 heterocycles. The van der Waals surface area contributed by atoms with Crippen molar-refractivity contribution in [2.45, 2.75) is 26.7 Å². The van der Waals surface area contributed by atoms with Crippen LogP contribution in [-0.2, 0) is 4.79 Å². The minimum Gasteiger partial charge on any atom is -0.481 e. The van der Waals surface area contributed by atoms with Crippen molar-refractivity contribution in [2.24, 2.45) is 5.92 Å². The molecule has 0 aliphatic carbocycles. The lowest BCUT2D eigenvalue weighted by Gasteiger charge is -2.31. The Morgan fingerprint density at radius 3 is 2.60 bits per heavy atom. The number of carbonyl (C=O) groups excluding carboxylic acids is 1. The molecule has 0 spiro atoms. The zero-order valence-electron chi connectivity index (χ0n) is 11.6. The Kier molecular flexibility index (Phi) is 4.33. The van der Waals surface area contributed by atoms with Crippen molar-refractivity contribution in [3.05, 3.63) is 33.8 Å². The molecule has 20 heavy (non-hydrogen) atoms. The molecule has 0 saturated carbocycles. The summed E-state index contributed by atoms with van der Waals surface area (Å²) in [7, 11) is 0. The molecule has 2 rings (SSSR count). The van der Waals surface area contributed by atoms with Gasteiger partial charge in [0.2, 0.25) is 0 Å². The lowest BCUT2D eigenvalue weighted by molar-refractivity contribution is -0.143. The molecule has 0 radical (unpaired) electrons. The number of likely N-dealkylation sites (tertiary alicyclic amines) is 1. The molecule has 5 heteroatoms. The van der Waals surface area contributed by atoms with Crippen LogP contribution in [0.5, 0.6) is 0 Å². The van der Waals surface area contributed by atoms with E-state index in [9.17, 15) is 9.59 Å². The predicted molar refractivity (Wildman–Crippen MR) is 77.2 cm³/mol. The largest absolute Gasteiger partial charge is 0.481 e. The second kappa shape index (κ2) is 5.83. The summed E-state index contributed by atoms with van der Waals surface area (Å²) in [6.07, 6.45) is 1.34. The summed E-state index contributed by atoms with van der Waals surface area (Å²) < 4.78 is 0. The van der Waals surface area contributed by atoms with Crippen molar-refractivity contribution in [3.8, 4) is 0 Å². The summed E-state index contributed by atoms with van der Waals surface area (Å²) in [6.45, 7) is 4.72. The van der Waals surface area contributed by atoms with Gasteiger partial charge in [-0.25, -0.2) is 0 Å². The second-order valence-corrected chi connectivity index (χ2v) is 5.75. The molecule has 1 N–H and O–H groups in total. The van der Waals surface area contributed by atoms with Gasteiger partial charge in [0.15, 0.2) is 0 Å². The average Bonchev–Trinajstić information content (AvgIpc) is 2.42. The van der Waals surface area contributed by atoms with E-state index in [-0.39, 0.29) is 12.5 Å². The van der Waals surface area contributed by atoms with Crippen LogP contribution in [0.25, 0.3) is 0 Å². The molecule has 1 saturated heterocycles. The number of carboxylic acid groups (broad SMARTS) is 1. The first kappa shape index (κ1) is 14.9. The van der Waals surface area contributed by atoms with Crippen LogP contribution < -0.4 is 0 Å². The van der Waals surface area contributed by atoms with Crippen molar-refractivity contribution < 1.29 is 14.7 Å². The van der Waals surface area contributed by atoms with Crippen LogP contribution in [-0.4, -0.2) is 35.0 Å². The fourth-order valence-corrected chi connectivity index (χ4v) is 2.78. The van der Waals surface area contributed by atoms with Gasteiger partial charge in [-0.15, -0.1) is 0 Å². The fourth-order valence-electron chi connectivity index (χ4n) is 2.48. The molecular weight excluding hydrogens is 278 g/mol. The molecule has 4 nitrogen and oxygen atoms in total. The van der Waals surface area contributed by atoms with E-state index >= 15 is 0 Å². The second-order valence-electron chi connectivity index (χ2n) is 5.34. The highest BCUT2D eigenvalue weighted by Gasteiger charge is 2.29. The Morgan fingerprint density at radius 1 is 1.30 bits per heavy atom. The van der Waals surface area contributed by atoms with E-state index in [0.717, 1.165) is 11.1 Å². The number of amides is 1. The van der Waals surface area contributed by atoms with Crippen LogP contribution in [0.15, 0.2) is 12.1 Å². The summed E-state index contributed by atoms with van der Waals surface area (Å²) in [5, 5.41) is 9.51. The molecule has 1 aliphatic heterocycles. The summed E-state index contributed by atoms with van der Waals surface area (Å²) in [5.74, 6) is -1.49. The summed E-state index contributed by atoms with van der Waals surface area (Å²) in [6, 6.07) is 3.56. The van der Waals surface area contributed by atoms with Crippen molar-refractivity contribution >= 4 is 23.5 Å². The third-order valence-electron chi connectivity index (χ3n) is 3.87. The smallest absolute Gasteiger partial charge is 0.308 e. The highest BCUT2D eigenvalue weighted by atomic mass is 35.5. The first-order chi connectivity index (χ1) is 9.40. The predicted octanol–water partition coefficient (Wildman–Crippen LogP) is 2.89. The molecule has 1 amide bonds. The number of aryl methyl sites for hydroxylation is 2. The molecule has 108 valence electrons. The highest BCUT2D eigenvalue weighted by Crippen LogP contribution is 2.25. The maximum atomic E-state index is 12.5. The number of rotatable bonds is 2. The van der Waals surface area contributed by atoms with E-state index in [0.29, 0.717) is 30.0 Å². The van der Waals surface area contributed by atoms with Gasteiger partial charge in [-0.05, 0) is 49.9 Å². The average molecular weight is 296 g/mol. The third kappa shape index (κ3) is 2.96. The number of carbonyl (C=O) groups is 2. The standard InChI is InChI=1S/C15H18ClNO3/c1-9-6-12(13(16)7-10(9)2)14(18)17-5-3-4-11(8-17)15(19)20/h6-7,11H,3-5,8H2,1-2H3,(H,19,20)/t11-/m1/s1. The van der Waals surface area contributed by atoms with E-state index in [1.807, 2.05) is 13.8 Å². The lowest BCUT2D eigenvalue weighted by Crippen LogP contribution is -2.42. The van der Waals surface area contributed by atoms with Crippen LogP contribution in [0.3, 0.4) is 0 Å². The molecule has 1 aromatic carbocycles. The summed E-state index contributed by atoms with van der Waals surface area (Å²) in [4.78, 5) is 25.2. The Morgan fingerprint density at radius 2 is 1.95 bits per heavy atom. The van der Waals surface area contributed by atoms with Crippen LogP contribution in [0.1, 0.15) is 34.3 Å². The number of aliphatic carboxylic acids is 1. The monoisotopic (exact) mass is 295 g/mol. The highest BCUT2D eigenvalue weighted by molar-refractivity contribution is 6.34. The molecule has 0 unspecified atom stereocenters. The number of halogens is 1. The number of hydrogen-bond donors (Lipinski definition) is 1. The number of carboxylic acids is 1. The van der Waals surface area contributed by atoms with Crippen molar-refractivity contribution in [1.82, 2.24) is 4.90 Å². The zero-order chi connectivity index (χ0) is 14.9. The van der Waals surface area contributed by atoms with Gasteiger partial charge in [-0.2, -0.15) is 0 Å². The molecular formula is C15H18ClNO3. The first-order valence-corrected chi connectivity index (χ1v) is 7.06. The quantitative estimate of drug-likeness (QED) is 0.912. The first-order valence-electron chi connectivity index (χ1n) is 6.69.